The molecule has 3 N–H and O–H groups in total. The van der Waals surface area contributed by atoms with Gasteiger partial charge in [-0.1, -0.05) is 19.3 Å². The first-order chi connectivity index (χ1) is 17.9. The van der Waals surface area contributed by atoms with Gasteiger partial charge in [-0.25, -0.2) is 9.97 Å². The van der Waals surface area contributed by atoms with E-state index in [-0.39, 0.29) is 23.6 Å². The van der Waals surface area contributed by atoms with Gasteiger partial charge in [-0.3, -0.25) is 9.69 Å². The molecule has 1 spiro atoms. The Hall–Kier alpha value is -2.98. The van der Waals surface area contributed by atoms with Gasteiger partial charge in [0.15, 0.2) is 0 Å². The van der Waals surface area contributed by atoms with Gasteiger partial charge in [-0.05, 0) is 38.8 Å². The summed E-state index contributed by atoms with van der Waals surface area (Å²) in [4.78, 5) is 33.9. The fourth-order valence-corrected chi connectivity index (χ4v) is 6.71. The minimum absolute atomic E-state index is 0.0377. The molecular formula is C27H38N8O2. The van der Waals surface area contributed by atoms with E-state index in [0.29, 0.717) is 37.3 Å². The number of pyridine rings is 1. The Kier molecular flexibility index (Phi) is 6.40. The predicted octanol–water partition coefficient (Wildman–Crippen LogP) is 2.07. The highest BCUT2D eigenvalue weighted by Crippen LogP contribution is 2.44. The molecule has 0 radical (unpaired) electrons. The summed E-state index contributed by atoms with van der Waals surface area (Å²) in [6.45, 7) is 8.19. The van der Waals surface area contributed by atoms with Gasteiger partial charge in [0.25, 0.3) is 0 Å². The second kappa shape index (κ2) is 9.72. The lowest BCUT2D eigenvalue weighted by Gasteiger charge is -2.51. The zero-order valence-electron chi connectivity index (χ0n) is 21.9. The summed E-state index contributed by atoms with van der Waals surface area (Å²) in [6.07, 6.45) is 9.94. The van der Waals surface area contributed by atoms with E-state index in [2.05, 4.69) is 48.3 Å². The van der Waals surface area contributed by atoms with Crippen molar-refractivity contribution in [2.75, 3.05) is 47.8 Å². The molecule has 10 nitrogen and oxygen atoms in total. The number of carbonyl (C=O) groups excluding carboxylic acids is 1. The Morgan fingerprint density at radius 1 is 1.19 bits per heavy atom. The quantitative estimate of drug-likeness (QED) is 0.561. The molecule has 10 heteroatoms. The smallest absolute Gasteiger partial charge is 0.243 e. The Labute approximate surface area is 218 Å². The van der Waals surface area contributed by atoms with Gasteiger partial charge in [0.05, 0.1) is 23.5 Å². The Balaban J connectivity index is 1.16. The number of hydrogen-bond donors (Lipinski definition) is 3. The summed E-state index contributed by atoms with van der Waals surface area (Å²) < 4.78 is 0. The number of nitrogens with zero attached hydrogens (tertiary/aromatic N) is 6. The number of β-amino-alcohol motifs (C(OH)–C–C–N with tert-alkyl or cyclic N) is 1. The molecular weight excluding hydrogens is 468 g/mol. The van der Waals surface area contributed by atoms with Crippen molar-refractivity contribution in [1.82, 2.24) is 25.2 Å². The van der Waals surface area contributed by atoms with Crippen LogP contribution in [0.4, 0.5) is 23.3 Å². The summed E-state index contributed by atoms with van der Waals surface area (Å²) in [5.74, 6) is 2.21. The van der Waals surface area contributed by atoms with Crippen LogP contribution in [0.25, 0.3) is 0 Å². The number of hydrogen-bond acceptors (Lipinski definition) is 9. The average Bonchev–Trinajstić information content (AvgIpc) is 3.29. The van der Waals surface area contributed by atoms with E-state index >= 15 is 0 Å². The van der Waals surface area contributed by atoms with Crippen LogP contribution in [0.5, 0.6) is 0 Å². The third kappa shape index (κ3) is 4.61. The van der Waals surface area contributed by atoms with Crippen LogP contribution in [0, 0.1) is 0 Å². The molecule has 5 heterocycles. The lowest BCUT2D eigenvalue weighted by atomic mass is 9.78. The number of anilines is 4. The molecule has 1 aliphatic carbocycles. The first kappa shape index (κ1) is 24.4. The zero-order valence-corrected chi connectivity index (χ0v) is 21.9. The average molecular weight is 507 g/mol. The number of amides is 1. The number of carbonyl (C=O) groups is 1. The topological polar surface area (TPSA) is 110 Å². The van der Waals surface area contributed by atoms with E-state index in [1.165, 1.54) is 19.3 Å². The van der Waals surface area contributed by atoms with Crippen molar-refractivity contribution >= 4 is 29.2 Å². The number of aliphatic hydroxyl groups excluding tert-OH is 1. The normalized spacial score (nSPS) is 26.0. The molecule has 2 saturated heterocycles. The van der Waals surface area contributed by atoms with E-state index in [1.807, 2.05) is 25.4 Å². The van der Waals surface area contributed by atoms with E-state index in [0.717, 1.165) is 49.5 Å². The predicted molar refractivity (Wildman–Crippen MR) is 143 cm³/mol. The van der Waals surface area contributed by atoms with Crippen molar-refractivity contribution in [3.8, 4) is 0 Å². The molecule has 4 aliphatic rings. The van der Waals surface area contributed by atoms with E-state index < -0.39 is 0 Å². The molecule has 198 valence electrons. The van der Waals surface area contributed by atoms with E-state index in [9.17, 15) is 9.90 Å². The third-order valence-corrected chi connectivity index (χ3v) is 8.60. The molecule has 0 aromatic carbocycles. The maximum atomic E-state index is 12.7. The van der Waals surface area contributed by atoms with Gasteiger partial charge in [0.2, 0.25) is 11.9 Å². The number of fused-ring (bicyclic) bond motifs is 4. The van der Waals surface area contributed by atoms with E-state index in [1.54, 1.807) is 0 Å². The second-order valence-electron chi connectivity index (χ2n) is 11.3. The molecule has 3 aliphatic heterocycles. The first-order valence-corrected chi connectivity index (χ1v) is 13.7. The largest absolute Gasteiger partial charge is 0.392 e. The van der Waals surface area contributed by atoms with Crippen molar-refractivity contribution in [3.05, 3.63) is 30.1 Å². The van der Waals surface area contributed by atoms with Crippen LogP contribution in [-0.4, -0.2) is 87.3 Å². The SMILES string of the molecule is C[C@H](O)CN1CCN(c2ccc(Nc3ncc4c(n3)N3C(C4)C(=O)NCC34CCCCC4)nc2)C[C@@H]1C. The van der Waals surface area contributed by atoms with Gasteiger partial charge in [-0.15, -0.1) is 0 Å². The summed E-state index contributed by atoms with van der Waals surface area (Å²) in [5.41, 5.74) is 2.10. The fourth-order valence-electron chi connectivity index (χ4n) is 6.71. The lowest BCUT2D eigenvalue weighted by Crippen LogP contribution is -2.67. The van der Waals surface area contributed by atoms with Crippen LogP contribution in [0.2, 0.25) is 0 Å². The Bertz CT molecular complexity index is 1130. The van der Waals surface area contributed by atoms with Crippen LogP contribution in [0.1, 0.15) is 51.5 Å². The monoisotopic (exact) mass is 506 g/mol. The lowest BCUT2D eigenvalue weighted by molar-refractivity contribution is -0.124. The minimum atomic E-state index is -0.311. The molecule has 3 fully saturated rings. The molecule has 3 atom stereocenters. The molecule has 2 aromatic heterocycles. The third-order valence-electron chi connectivity index (χ3n) is 8.60. The Morgan fingerprint density at radius 2 is 2.03 bits per heavy atom. The highest BCUT2D eigenvalue weighted by molar-refractivity contribution is 5.90. The van der Waals surface area contributed by atoms with Crippen LogP contribution >= 0.6 is 0 Å². The standard InChI is InChI=1S/C27H38N8O2/c1-18-15-34(11-10-33(18)16-19(2)36)21-6-7-23(28-14-21)31-26-29-13-20-12-22-25(37)30-17-27(8-4-3-5-9-27)35(22)24(20)32-26/h6-7,13-14,18-19,22,36H,3-5,8-12,15-17H2,1-2H3,(H,30,37)(H,28,29,31,32)/t18-,19-,22?/m0/s1. The van der Waals surface area contributed by atoms with Crippen LogP contribution in [0.15, 0.2) is 24.5 Å². The van der Waals surface area contributed by atoms with Gasteiger partial charge in [-0.2, -0.15) is 4.98 Å². The summed E-state index contributed by atoms with van der Waals surface area (Å²) in [7, 11) is 0. The maximum absolute atomic E-state index is 12.7. The van der Waals surface area contributed by atoms with Crippen molar-refractivity contribution in [2.45, 2.75) is 76.1 Å². The van der Waals surface area contributed by atoms with Crippen molar-refractivity contribution in [2.24, 2.45) is 0 Å². The number of rotatable bonds is 5. The molecule has 1 saturated carbocycles. The molecule has 0 bridgehead atoms. The molecule has 1 unspecified atom stereocenters. The number of nitrogens with one attached hydrogen (secondary N) is 2. The van der Waals surface area contributed by atoms with E-state index in [4.69, 9.17) is 4.98 Å². The number of piperazine rings is 2. The molecule has 2 aromatic rings. The van der Waals surface area contributed by atoms with Crippen molar-refractivity contribution < 1.29 is 9.90 Å². The van der Waals surface area contributed by atoms with Crippen LogP contribution in [-0.2, 0) is 11.2 Å². The van der Waals surface area contributed by atoms with Gasteiger partial charge in [0, 0.05) is 56.9 Å². The fraction of sp³-hybridized carbons (Fsp3) is 0.630. The summed E-state index contributed by atoms with van der Waals surface area (Å²) in [5, 5.41) is 16.2. The molecule has 6 rings (SSSR count). The molecule has 37 heavy (non-hydrogen) atoms. The highest BCUT2D eigenvalue weighted by Gasteiger charge is 2.51. The number of aliphatic hydroxyl groups is 1. The molecule has 1 amide bonds. The summed E-state index contributed by atoms with van der Waals surface area (Å²) >= 11 is 0. The Morgan fingerprint density at radius 3 is 2.76 bits per heavy atom. The van der Waals surface area contributed by atoms with Crippen LogP contribution < -0.4 is 20.4 Å². The van der Waals surface area contributed by atoms with Gasteiger partial charge < -0.3 is 25.5 Å². The van der Waals surface area contributed by atoms with Gasteiger partial charge >= 0.3 is 0 Å². The number of aromatic nitrogens is 3. The highest BCUT2D eigenvalue weighted by atomic mass is 16.3. The zero-order chi connectivity index (χ0) is 25.6. The second-order valence-corrected chi connectivity index (χ2v) is 11.3. The van der Waals surface area contributed by atoms with Crippen molar-refractivity contribution in [1.29, 1.82) is 0 Å². The minimum Gasteiger partial charge on any atom is -0.392 e. The maximum Gasteiger partial charge on any atom is 0.243 e. The summed E-state index contributed by atoms with van der Waals surface area (Å²) in [6, 6.07) is 4.24. The first-order valence-electron chi connectivity index (χ1n) is 13.7. The van der Waals surface area contributed by atoms with Crippen molar-refractivity contribution in [3.63, 3.8) is 0 Å². The van der Waals surface area contributed by atoms with Gasteiger partial charge in [0.1, 0.15) is 17.7 Å². The van der Waals surface area contributed by atoms with Crippen LogP contribution in [0.3, 0.4) is 0 Å².